The summed E-state index contributed by atoms with van der Waals surface area (Å²) in [5.41, 5.74) is 3.57. The van der Waals surface area contributed by atoms with E-state index in [0.29, 0.717) is 6.04 Å². The van der Waals surface area contributed by atoms with Crippen molar-refractivity contribution in [1.82, 2.24) is 19.7 Å². The van der Waals surface area contributed by atoms with Gasteiger partial charge in [-0.05, 0) is 31.2 Å². The highest BCUT2D eigenvalue weighted by Crippen LogP contribution is 2.40. The number of hydrogen-bond acceptors (Lipinski definition) is 6. The highest BCUT2D eigenvalue weighted by Gasteiger charge is 2.29. The fourth-order valence-electron chi connectivity index (χ4n) is 3.14. The van der Waals surface area contributed by atoms with E-state index < -0.39 is 0 Å². The van der Waals surface area contributed by atoms with Crippen LogP contribution in [0.15, 0.2) is 52.3 Å². The molecule has 0 amide bonds. The highest BCUT2D eigenvalue weighted by molar-refractivity contribution is 7.98. The van der Waals surface area contributed by atoms with Crippen LogP contribution in [0, 0.1) is 6.92 Å². The van der Waals surface area contributed by atoms with Crippen molar-refractivity contribution >= 4 is 34.4 Å². The van der Waals surface area contributed by atoms with Crippen molar-refractivity contribution < 1.29 is 0 Å². The quantitative estimate of drug-likeness (QED) is 0.342. The van der Waals surface area contributed by atoms with Crippen molar-refractivity contribution in [3.63, 3.8) is 0 Å². The van der Waals surface area contributed by atoms with E-state index >= 15 is 0 Å². The van der Waals surface area contributed by atoms with Crippen LogP contribution in [-0.2, 0) is 12.2 Å². The number of aromatic nitrogens is 4. The summed E-state index contributed by atoms with van der Waals surface area (Å²) in [5.74, 6) is 1.91. The van der Waals surface area contributed by atoms with Crippen LogP contribution in [0.2, 0.25) is 0 Å². The molecule has 0 atom stereocenters. The molecule has 4 aromatic rings. The molecule has 3 aromatic heterocycles. The summed E-state index contributed by atoms with van der Waals surface area (Å²) in [6.07, 6.45) is 3.34. The van der Waals surface area contributed by atoms with Crippen LogP contribution >= 0.6 is 34.4 Å². The summed E-state index contributed by atoms with van der Waals surface area (Å²) in [7, 11) is 0. The topological polar surface area (TPSA) is 43.6 Å². The van der Waals surface area contributed by atoms with Crippen LogP contribution in [0.5, 0.6) is 0 Å². The van der Waals surface area contributed by atoms with Crippen LogP contribution in [0.25, 0.3) is 10.6 Å². The van der Waals surface area contributed by atoms with Crippen LogP contribution in [0.3, 0.4) is 0 Å². The minimum Gasteiger partial charge on any atom is -0.303 e. The van der Waals surface area contributed by atoms with Crippen molar-refractivity contribution in [3.05, 3.63) is 69.1 Å². The number of thiazole rings is 1. The molecule has 1 aliphatic rings. The minimum absolute atomic E-state index is 0.575. The van der Waals surface area contributed by atoms with E-state index in [2.05, 4.69) is 68.8 Å². The molecule has 1 fully saturated rings. The number of nitrogens with zero attached hydrogens (tertiary/aromatic N) is 4. The summed E-state index contributed by atoms with van der Waals surface area (Å²) in [4.78, 5) is 6.17. The number of aryl methyl sites for hydroxylation is 1. The zero-order valence-corrected chi connectivity index (χ0v) is 18.0. The molecule has 0 aliphatic heterocycles. The first-order valence-corrected chi connectivity index (χ1v) is 12.1. The molecule has 0 unspecified atom stereocenters. The van der Waals surface area contributed by atoms with E-state index in [0.717, 1.165) is 33.9 Å². The molecule has 5 rings (SSSR count). The van der Waals surface area contributed by atoms with E-state index in [1.54, 1.807) is 34.4 Å². The number of hydrogen-bond donors (Lipinski definition) is 0. The molecule has 4 nitrogen and oxygen atoms in total. The van der Waals surface area contributed by atoms with Crippen molar-refractivity contribution in [2.45, 2.75) is 43.1 Å². The number of benzene rings is 1. The standard InChI is InChI=1S/C21H20N4S3/c1-14-4-6-15(7-5-14)20-22-16(12-27-20)13-28-21-24-23-19(25(21)17-8-9-17)11-18-3-2-10-26-18/h2-7,10,12,17H,8-9,11,13H2,1H3. The molecule has 1 aliphatic carbocycles. The van der Waals surface area contributed by atoms with Gasteiger partial charge in [0.25, 0.3) is 0 Å². The fourth-order valence-corrected chi connectivity index (χ4v) is 5.69. The maximum atomic E-state index is 4.82. The van der Waals surface area contributed by atoms with Crippen LogP contribution in [-0.4, -0.2) is 19.7 Å². The first-order chi connectivity index (χ1) is 13.8. The molecule has 0 N–H and O–H groups in total. The van der Waals surface area contributed by atoms with Crippen molar-refractivity contribution in [3.8, 4) is 10.6 Å². The van der Waals surface area contributed by atoms with Crippen LogP contribution in [0.1, 0.15) is 40.8 Å². The van der Waals surface area contributed by atoms with Crippen molar-refractivity contribution in [2.24, 2.45) is 0 Å². The largest absolute Gasteiger partial charge is 0.303 e. The molecule has 0 saturated heterocycles. The van der Waals surface area contributed by atoms with E-state index in [-0.39, 0.29) is 0 Å². The lowest BCUT2D eigenvalue weighted by Crippen LogP contribution is -2.03. The molecule has 0 radical (unpaired) electrons. The highest BCUT2D eigenvalue weighted by atomic mass is 32.2. The van der Waals surface area contributed by atoms with Gasteiger partial charge in [-0.15, -0.1) is 32.9 Å². The maximum Gasteiger partial charge on any atom is 0.191 e. The first-order valence-electron chi connectivity index (χ1n) is 9.36. The van der Waals surface area contributed by atoms with Crippen molar-refractivity contribution in [2.75, 3.05) is 0 Å². The molecular formula is C21H20N4S3. The monoisotopic (exact) mass is 424 g/mol. The summed E-state index contributed by atoms with van der Waals surface area (Å²) in [6, 6.07) is 13.4. The molecule has 1 aromatic carbocycles. The zero-order valence-electron chi connectivity index (χ0n) is 15.5. The third-order valence-electron chi connectivity index (χ3n) is 4.76. The Morgan fingerprint density at radius 2 is 1.96 bits per heavy atom. The predicted octanol–water partition coefficient (Wildman–Crippen LogP) is 5.99. The Hall–Kier alpha value is -1.96. The molecule has 0 bridgehead atoms. The Labute approximate surface area is 176 Å². The third-order valence-corrected chi connectivity index (χ3v) is 7.55. The van der Waals surface area contributed by atoms with Gasteiger partial charge in [0.05, 0.1) is 5.69 Å². The van der Waals surface area contributed by atoms with Gasteiger partial charge in [0.1, 0.15) is 10.8 Å². The van der Waals surface area contributed by atoms with E-state index in [4.69, 9.17) is 4.98 Å². The van der Waals surface area contributed by atoms with Crippen LogP contribution < -0.4 is 0 Å². The van der Waals surface area contributed by atoms with E-state index in [1.807, 2.05) is 0 Å². The summed E-state index contributed by atoms with van der Waals surface area (Å²) >= 11 is 5.24. The summed E-state index contributed by atoms with van der Waals surface area (Å²) in [6.45, 7) is 2.11. The lowest BCUT2D eigenvalue weighted by Gasteiger charge is -2.07. The van der Waals surface area contributed by atoms with Crippen molar-refractivity contribution in [1.29, 1.82) is 0 Å². The van der Waals surface area contributed by atoms with Gasteiger partial charge in [-0.1, -0.05) is 47.7 Å². The maximum absolute atomic E-state index is 4.82. The second-order valence-electron chi connectivity index (χ2n) is 7.05. The first kappa shape index (κ1) is 18.1. The Balaban J connectivity index is 1.30. The summed E-state index contributed by atoms with van der Waals surface area (Å²) < 4.78 is 2.36. The van der Waals surface area contributed by atoms with E-state index in [9.17, 15) is 0 Å². The number of rotatable bonds is 7. The van der Waals surface area contributed by atoms with Gasteiger partial charge in [0.2, 0.25) is 0 Å². The molecule has 0 spiro atoms. The average molecular weight is 425 g/mol. The van der Waals surface area contributed by atoms with Gasteiger partial charge < -0.3 is 4.57 Å². The number of thioether (sulfide) groups is 1. The molecule has 7 heteroatoms. The molecular weight excluding hydrogens is 404 g/mol. The lowest BCUT2D eigenvalue weighted by molar-refractivity contribution is 0.635. The van der Waals surface area contributed by atoms with Gasteiger partial charge in [-0.25, -0.2) is 4.98 Å². The lowest BCUT2D eigenvalue weighted by atomic mass is 10.2. The Morgan fingerprint density at radius 3 is 2.71 bits per heavy atom. The third kappa shape index (κ3) is 3.92. The average Bonchev–Trinajstić information content (AvgIpc) is 3.11. The minimum atomic E-state index is 0.575. The second kappa shape index (κ2) is 7.81. The SMILES string of the molecule is Cc1ccc(-c2nc(CSc3nnc(Cc4cccs4)n3C3CC3)cs2)cc1. The van der Waals surface area contributed by atoms with Gasteiger partial charge in [0, 0.05) is 34.0 Å². The van der Waals surface area contributed by atoms with E-state index in [1.165, 1.54) is 28.8 Å². The predicted molar refractivity (Wildman–Crippen MR) is 117 cm³/mol. The molecule has 1 saturated carbocycles. The Morgan fingerprint density at radius 1 is 1.11 bits per heavy atom. The van der Waals surface area contributed by atoms with Gasteiger partial charge in [-0.3, -0.25) is 0 Å². The van der Waals surface area contributed by atoms with Crippen LogP contribution in [0.4, 0.5) is 0 Å². The normalized spacial score (nSPS) is 13.9. The zero-order chi connectivity index (χ0) is 18.9. The summed E-state index contributed by atoms with van der Waals surface area (Å²) in [5, 5.41) is 15.4. The smallest absolute Gasteiger partial charge is 0.191 e. The molecule has 28 heavy (non-hydrogen) atoms. The Kier molecular flexibility index (Phi) is 5.05. The second-order valence-corrected chi connectivity index (χ2v) is 9.89. The number of thiophene rings is 1. The molecule has 3 heterocycles. The fraction of sp³-hybridized carbons (Fsp3) is 0.286. The van der Waals surface area contributed by atoms with Gasteiger partial charge in [0.15, 0.2) is 5.16 Å². The Bertz CT molecular complexity index is 1060. The van der Waals surface area contributed by atoms with Gasteiger partial charge >= 0.3 is 0 Å². The van der Waals surface area contributed by atoms with Gasteiger partial charge in [-0.2, -0.15) is 0 Å². The molecule has 142 valence electrons.